The van der Waals surface area contributed by atoms with Crippen LogP contribution in [-0.2, 0) is 9.53 Å². The van der Waals surface area contributed by atoms with Crippen molar-refractivity contribution in [1.29, 1.82) is 0 Å². The van der Waals surface area contributed by atoms with E-state index in [1.807, 2.05) is 13.0 Å². The minimum Gasteiger partial charge on any atom is -0.381 e. The smallest absolute Gasteiger partial charge is 0.145 e. The highest BCUT2D eigenvalue weighted by Gasteiger charge is 2.16. The van der Waals surface area contributed by atoms with Crippen LogP contribution in [0.2, 0.25) is 0 Å². The van der Waals surface area contributed by atoms with E-state index < -0.39 is 0 Å². The number of hydrogen-bond donors (Lipinski definition) is 0. The molecule has 0 saturated carbocycles. The summed E-state index contributed by atoms with van der Waals surface area (Å²) in [4.78, 5) is 10.7. The number of carbonyl (C=O) groups excluding carboxylic acids is 1. The molecule has 96 valence electrons. The Morgan fingerprint density at radius 3 is 2.72 bits per heavy atom. The third-order valence-electron chi connectivity index (χ3n) is 3.57. The van der Waals surface area contributed by atoms with E-state index in [9.17, 15) is 4.79 Å². The minimum atomic E-state index is 0.600. The second-order valence-electron chi connectivity index (χ2n) is 5.01. The maximum atomic E-state index is 10.7. The van der Waals surface area contributed by atoms with Crippen LogP contribution in [0.5, 0.6) is 0 Å². The number of ether oxygens (including phenoxy) is 1. The molecule has 0 bridgehead atoms. The van der Waals surface area contributed by atoms with Gasteiger partial charge in [-0.2, -0.15) is 0 Å². The van der Waals surface area contributed by atoms with Crippen LogP contribution in [0.1, 0.15) is 42.4 Å². The van der Waals surface area contributed by atoms with Gasteiger partial charge in [-0.15, -0.1) is 0 Å². The van der Waals surface area contributed by atoms with Gasteiger partial charge < -0.3 is 4.74 Å². The first kappa shape index (κ1) is 13.0. The second-order valence-corrected chi connectivity index (χ2v) is 5.01. The van der Waals surface area contributed by atoms with Crippen molar-refractivity contribution < 1.29 is 9.53 Å². The van der Waals surface area contributed by atoms with Crippen molar-refractivity contribution in [3.63, 3.8) is 0 Å². The Labute approximate surface area is 109 Å². The molecule has 1 aliphatic heterocycles. The van der Waals surface area contributed by atoms with Crippen LogP contribution < -0.4 is 0 Å². The van der Waals surface area contributed by atoms with Gasteiger partial charge in [0.2, 0.25) is 0 Å². The summed E-state index contributed by atoms with van der Waals surface area (Å²) in [6.45, 7) is 5.64. The Bertz CT molecular complexity index is 454. The predicted octanol–water partition coefficient (Wildman–Crippen LogP) is 3.49. The van der Waals surface area contributed by atoms with Crippen LogP contribution in [0, 0.1) is 6.92 Å². The summed E-state index contributed by atoms with van der Waals surface area (Å²) in [5, 5.41) is 0. The van der Waals surface area contributed by atoms with Crippen molar-refractivity contribution in [2.75, 3.05) is 13.2 Å². The molecule has 0 atom stereocenters. The van der Waals surface area contributed by atoms with Gasteiger partial charge in [0, 0.05) is 13.2 Å². The van der Waals surface area contributed by atoms with Crippen LogP contribution >= 0.6 is 0 Å². The van der Waals surface area contributed by atoms with Crippen LogP contribution in [0.15, 0.2) is 23.8 Å². The van der Waals surface area contributed by atoms with Gasteiger partial charge in [-0.3, -0.25) is 4.79 Å². The Balaban J connectivity index is 2.27. The molecule has 0 N–H and O–H groups in total. The highest BCUT2D eigenvalue weighted by atomic mass is 16.5. The third-order valence-corrected chi connectivity index (χ3v) is 3.57. The van der Waals surface area contributed by atoms with Crippen LogP contribution in [0.4, 0.5) is 0 Å². The zero-order valence-electron chi connectivity index (χ0n) is 11.1. The van der Waals surface area contributed by atoms with Gasteiger partial charge in [-0.1, -0.05) is 18.2 Å². The van der Waals surface area contributed by atoms with E-state index >= 15 is 0 Å². The maximum absolute atomic E-state index is 10.7. The molecule has 0 spiro atoms. The highest BCUT2D eigenvalue weighted by Crippen LogP contribution is 2.28. The Hall–Kier alpha value is -1.41. The number of allylic oxidation sites excluding steroid dienone is 1. The van der Waals surface area contributed by atoms with Crippen molar-refractivity contribution in [2.45, 2.75) is 32.6 Å². The normalized spacial score (nSPS) is 17.8. The lowest BCUT2D eigenvalue weighted by Crippen LogP contribution is -2.14. The molecular weight excluding hydrogens is 224 g/mol. The molecule has 0 amide bonds. The van der Waals surface area contributed by atoms with Gasteiger partial charge in [0.15, 0.2) is 0 Å². The second kappa shape index (κ2) is 5.96. The first-order valence-electron chi connectivity index (χ1n) is 6.52. The standard InChI is InChI=1S/C16H20O2/c1-12(11-17)9-16-10-15(4-3-13(16)2)14-5-7-18-8-6-14/h3-4,9-11,14H,5-8H2,1-2H3/b12-9+. The molecule has 18 heavy (non-hydrogen) atoms. The minimum absolute atomic E-state index is 0.600. The molecule has 1 aromatic rings. The van der Waals surface area contributed by atoms with Crippen molar-refractivity contribution in [2.24, 2.45) is 0 Å². The first-order chi connectivity index (χ1) is 8.70. The van der Waals surface area contributed by atoms with Crippen molar-refractivity contribution in [3.8, 4) is 0 Å². The molecule has 0 aromatic heterocycles. The molecule has 2 heteroatoms. The van der Waals surface area contributed by atoms with E-state index in [4.69, 9.17) is 4.74 Å². The van der Waals surface area contributed by atoms with Crippen molar-refractivity contribution in [3.05, 3.63) is 40.5 Å². The van der Waals surface area contributed by atoms with E-state index in [2.05, 4.69) is 25.1 Å². The van der Waals surface area contributed by atoms with E-state index in [1.54, 1.807) is 0 Å². The van der Waals surface area contributed by atoms with E-state index in [-0.39, 0.29) is 0 Å². The molecule has 0 unspecified atom stereocenters. The van der Waals surface area contributed by atoms with Gasteiger partial charge >= 0.3 is 0 Å². The summed E-state index contributed by atoms with van der Waals surface area (Å²) in [6.07, 6.45) is 5.06. The SMILES string of the molecule is C/C(C=O)=C\c1cc(C2CCOCC2)ccc1C. The molecule has 1 aromatic carbocycles. The molecule has 1 fully saturated rings. The lowest BCUT2D eigenvalue weighted by molar-refractivity contribution is -0.104. The van der Waals surface area contributed by atoms with Crippen molar-refractivity contribution >= 4 is 12.4 Å². The lowest BCUT2D eigenvalue weighted by atomic mass is 9.89. The monoisotopic (exact) mass is 244 g/mol. The number of benzene rings is 1. The number of aryl methyl sites for hydroxylation is 1. The van der Waals surface area contributed by atoms with Gasteiger partial charge in [-0.25, -0.2) is 0 Å². The fourth-order valence-electron chi connectivity index (χ4n) is 2.38. The Morgan fingerprint density at radius 2 is 2.06 bits per heavy atom. The fourth-order valence-corrected chi connectivity index (χ4v) is 2.38. The van der Waals surface area contributed by atoms with Gasteiger partial charge in [0.25, 0.3) is 0 Å². The molecule has 0 radical (unpaired) electrons. The van der Waals surface area contributed by atoms with Crippen molar-refractivity contribution in [1.82, 2.24) is 0 Å². The quantitative estimate of drug-likeness (QED) is 0.601. The zero-order chi connectivity index (χ0) is 13.0. The Kier molecular flexibility index (Phi) is 4.32. The number of carbonyl (C=O) groups is 1. The van der Waals surface area contributed by atoms with E-state index in [0.29, 0.717) is 5.92 Å². The molecule has 1 saturated heterocycles. The maximum Gasteiger partial charge on any atom is 0.145 e. The predicted molar refractivity (Wildman–Crippen MR) is 73.7 cm³/mol. The van der Waals surface area contributed by atoms with Gasteiger partial charge in [0.1, 0.15) is 6.29 Å². The van der Waals surface area contributed by atoms with E-state index in [0.717, 1.165) is 43.5 Å². The topological polar surface area (TPSA) is 26.3 Å². The highest BCUT2D eigenvalue weighted by molar-refractivity contribution is 5.81. The Morgan fingerprint density at radius 1 is 1.33 bits per heavy atom. The zero-order valence-corrected chi connectivity index (χ0v) is 11.1. The molecule has 2 nitrogen and oxygen atoms in total. The molecular formula is C16H20O2. The average Bonchev–Trinajstić information content (AvgIpc) is 2.42. The van der Waals surface area contributed by atoms with Crippen LogP contribution in [-0.4, -0.2) is 19.5 Å². The summed E-state index contributed by atoms with van der Waals surface area (Å²) in [7, 11) is 0. The summed E-state index contributed by atoms with van der Waals surface area (Å²) in [5.74, 6) is 0.600. The van der Waals surface area contributed by atoms with Crippen LogP contribution in [0.25, 0.3) is 6.08 Å². The van der Waals surface area contributed by atoms with Gasteiger partial charge in [-0.05, 0) is 60.9 Å². The average molecular weight is 244 g/mol. The first-order valence-corrected chi connectivity index (χ1v) is 6.52. The molecule has 1 heterocycles. The fraction of sp³-hybridized carbons (Fsp3) is 0.438. The lowest BCUT2D eigenvalue weighted by Gasteiger charge is -2.23. The number of aldehydes is 1. The summed E-state index contributed by atoms with van der Waals surface area (Å²) in [6, 6.07) is 6.58. The third kappa shape index (κ3) is 3.08. The van der Waals surface area contributed by atoms with E-state index in [1.165, 1.54) is 11.1 Å². The van der Waals surface area contributed by atoms with Crippen LogP contribution in [0.3, 0.4) is 0 Å². The summed E-state index contributed by atoms with van der Waals surface area (Å²) < 4.78 is 5.40. The largest absolute Gasteiger partial charge is 0.381 e. The summed E-state index contributed by atoms with van der Waals surface area (Å²) in [5.41, 5.74) is 4.51. The molecule has 0 aliphatic carbocycles. The molecule has 1 aliphatic rings. The van der Waals surface area contributed by atoms with Gasteiger partial charge in [0.05, 0.1) is 0 Å². The number of hydrogen-bond acceptors (Lipinski definition) is 2. The molecule has 2 rings (SSSR count). The summed E-state index contributed by atoms with van der Waals surface area (Å²) >= 11 is 0. The number of rotatable bonds is 3.